The van der Waals surface area contributed by atoms with E-state index in [1.165, 1.54) is 6.21 Å². The SMILES string of the molecule is O=C(N/N=C/c1ccc(OC(=O)c2ccccc2I)cc1)C(=O)Nc1nnc(-c2ccccc2)s1. The van der Waals surface area contributed by atoms with Gasteiger partial charge in [-0.25, -0.2) is 10.2 Å². The molecule has 4 rings (SSSR count). The standard InChI is InChI=1S/C24H16IN5O4S/c25-19-9-5-4-8-18(19)23(33)34-17-12-10-15(11-13-17)14-26-28-21(32)20(31)27-24-30-29-22(35-24)16-6-2-1-3-7-16/h1-14H,(H,28,32)(H,27,30,31)/b26-14+. The van der Waals surface area contributed by atoms with Crippen LogP contribution in [0.15, 0.2) is 84.0 Å². The Morgan fingerprint density at radius 3 is 2.34 bits per heavy atom. The Balaban J connectivity index is 1.27. The van der Waals surface area contributed by atoms with Crippen molar-refractivity contribution in [2.45, 2.75) is 0 Å². The van der Waals surface area contributed by atoms with Crippen molar-refractivity contribution in [3.8, 4) is 16.3 Å². The zero-order valence-corrected chi connectivity index (χ0v) is 20.8. The number of nitrogens with one attached hydrogen (secondary N) is 2. The number of amides is 2. The van der Waals surface area contributed by atoms with Gasteiger partial charge in [-0.15, -0.1) is 10.2 Å². The lowest BCUT2D eigenvalue weighted by atomic mass is 10.2. The molecule has 0 aliphatic heterocycles. The van der Waals surface area contributed by atoms with Crippen LogP contribution in [0.2, 0.25) is 0 Å². The summed E-state index contributed by atoms with van der Waals surface area (Å²) in [6, 6.07) is 23.0. The second-order valence-corrected chi connectivity index (χ2v) is 9.01. The molecule has 3 aromatic carbocycles. The first kappa shape index (κ1) is 24.2. The highest BCUT2D eigenvalue weighted by Crippen LogP contribution is 2.25. The first-order valence-electron chi connectivity index (χ1n) is 10.1. The minimum absolute atomic E-state index is 0.198. The van der Waals surface area contributed by atoms with Gasteiger partial charge in [-0.2, -0.15) is 5.10 Å². The molecule has 1 aromatic heterocycles. The van der Waals surface area contributed by atoms with Crippen molar-refractivity contribution < 1.29 is 19.1 Å². The third-order valence-electron chi connectivity index (χ3n) is 4.44. The minimum atomic E-state index is -0.958. The number of halogens is 1. The van der Waals surface area contributed by atoms with Gasteiger partial charge in [0.05, 0.1) is 11.8 Å². The van der Waals surface area contributed by atoms with Gasteiger partial charge < -0.3 is 4.74 Å². The molecular weight excluding hydrogens is 581 g/mol. The second kappa shape index (κ2) is 11.4. The smallest absolute Gasteiger partial charge is 0.344 e. The van der Waals surface area contributed by atoms with Gasteiger partial charge in [0.1, 0.15) is 10.8 Å². The zero-order valence-electron chi connectivity index (χ0n) is 17.8. The summed E-state index contributed by atoms with van der Waals surface area (Å²) in [6.07, 6.45) is 1.36. The molecule has 0 fully saturated rings. The summed E-state index contributed by atoms with van der Waals surface area (Å²) in [7, 11) is 0. The number of carbonyl (C=O) groups excluding carboxylic acids is 3. The molecule has 0 aliphatic rings. The topological polar surface area (TPSA) is 123 Å². The Labute approximate surface area is 217 Å². The molecular formula is C24H16IN5O4S. The predicted molar refractivity (Wildman–Crippen MR) is 140 cm³/mol. The van der Waals surface area contributed by atoms with E-state index in [0.717, 1.165) is 20.5 Å². The van der Waals surface area contributed by atoms with Crippen molar-refractivity contribution in [3.05, 3.63) is 93.6 Å². The fraction of sp³-hybridized carbons (Fsp3) is 0. The number of hydrazone groups is 1. The Kier molecular flexibility index (Phi) is 7.90. The van der Waals surface area contributed by atoms with Crippen molar-refractivity contribution >= 4 is 63.1 Å². The lowest BCUT2D eigenvalue weighted by Gasteiger charge is -2.06. The molecule has 1 heterocycles. The number of ether oxygens (including phenoxy) is 1. The van der Waals surface area contributed by atoms with Gasteiger partial charge in [0.15, 0.2) is 0 Å². The zero-order chi connectivity index (χ0) is 24.6. The number of anilines is 1. The maximum absolute atomic E-state index is 12.3. The fourth-order valence-electron chi connectivity index (χ4n) is 2.75. The van der Waals surface area contributed by atoms with Gasteiger partial charge in [0.25, 0.3) is 0 Å². The van der Waals surface area contributed by atoms with Gasteiger partial charge in [0.2, 0.25) is 5.13 Å². The van der Waals surface area contributed by atoms with E-state index < -0.39 is 17.8 Å². The second-order valence-electron chi connectivity index (χ2n) is 6.87. The molecule has 2 N–H and O–H groups in total. The minimum Gasteiger partial charge on any atom is -0.423 e. The van der Waals surface area contributed by atoms with Crippen molar-refractivity contribution in [1.29, 1.82) is 0 Å². The van der Waals surface area contributed by atoms with Gasteiger partial charge in [-0.05, 0) is 64.6 Å². The van der Waals surface area contributed by atoms with Crippen LogP contribution in [0.5, 0.6) is 5.75 Å². The monoisotopic (exact) mass is 597 g/mol. The molecule has 0 atom stereocenters. The Morgan fingerprint density at radius 1 is 0.886 bits per heavy atom. The van der Waals surface area contributed by atoms with Gasteiger partial charge in [0, 0.05) is 9.13 Å². The first-order chi connectivity index (χ1) is 17.0. The van der Waals surface area contributed by atoms with Gasteiger partial charge >= 0.3 is 17.8 Å². The molecule has 0 spiro atoms. The van der Waals surface area contributed by atoms with Crippen LogP contribution in [0.3, 0.4) is 0 Å². The number of nitrogens with zero attached hydrogens (tertiary/aromatic N) is 3. The van der Waals surface area contributed by atoms with Crippen LogP contribution in [-0.2, 0) is 9.59 Å². The van der Waals surface area contributed by atoms with Crippen LogP contribution < -0.4 is 15.5 Å². The molecule has 2 amide bonds. The molecule has 0 radical (unpaired) electrons. The predicted octanol–water partition coefficient (Wildman–Crippen LogP) is 4.12. The van der Waals surface area contributed by atoms with Crippen LogP contribution in [-0.4, -0.2) is 34.2 Å². The molecule has 0 bridgehead atoms. The number of hydrogen-bond acceptors (Lipinski definition) is 8. The van der Waals surface area contributed by atoms with E-state index in [1.54, 1.807) is 36.4 Å². The molecule has 0 aliphatic carbocycles. The number of benzene rings is 3. The molecule has 174 valence electrons. The summed E-state index contributed by atoms with van der Waals surface area (Å²) in [5.41, 5.74) is 4.11. The molecule has 9 nitrogen and oxygen atoms in total. The van der Waals surface area contributed by atoms with Crippen molar-refractivity contribution in [2.75, 3.05) is 5.32 Å². The molecule has 11 heteroatoms. The Bertz CT molecular complexity index is 1390. The van der Waals surface area contributed by atoms with E-state index >= 15 is 0 Å². The lowest BCUT2D eigenvalue weighted by molar-refractivity contribution is -0.136. The average molecular weight is 597 g/mol. The average Bonchev–Trinajstić information content (AvgIpc) is 3.34. The summed E-state index contributed by atoms with van der Waals surface area (Å²) in [5.74, 6) is -1.97. The molecule has 4 aromatic rings. The van der Waals surface area contributed by atoms with Crippen LogP contribution in [0, 0.1) is 3.57 Å². The van der Waals surface area contributed by atoms with Crippen LogP contribution >= 0.6 is 33.9 Å². The van der Waals surface area contributed by atoms with Crippen LogP contribution in [0.25, 0.3) is 10.6 Å². The Hall–Kier alpha value is -3.97. The van der Waals surface area contributed by atoms with Gasteiger partial charge in [-0.1, -0.05) is 53.8 Å². The highest BCUT2D eigenvalue weighted by molar-refractivity contribution is 14.1. The van der Waals surface area contributed by atoms with E-state index in [9.17, 15) is 14.4 Å². The molecule has 0 saturated heterocycles. The highest BCUT2D eigenvalue weighted by atomic mass is 127. The number of hydrogen-bond donors (Lipinski definition) is 2. The highest BCUT2D eigenvalue weighted by Gasteiger charge is 2.16. The third-order valence-corrected chi connectivity index (χ3v) is 6.27. The summed E-state index contributed by atoms with van der Waals surface area (Å²) >= 11 is 3.22. The van der Waals surface area contributed by atoms with E-state index in [4.69, 9.17) is 4.74 Å². The summed E-state index contributed by atoms with van der Waals surface area (Å²) in [4.78, 5) is 36.4. The van der Waals surface area contributed by atoms with E-state index in [0.29, 0.717) is 21.9 Å². The third kappa shape index (κ3) is 6.55. The largest absolute Gasteiger partial charge is 0.423 e. The van der Waals surface area contributed by atoms with E-state index in [1.807, 2.05) is 42.5 Å². The van der Waals surface area contributed by atoms with Crippen molar-refractivity contribution in [3.63, 3.8) is 0 Å². The van der Waals surface area contributed by atoms with Crippen molar-refractivity contribution in [1.82, 2.24) is 15.6 Å². The quantitative estimate of drug-likeness (QED) is 0.0862. The normalized spacial score (nSPS) is 10.7. The Morgan fingerprint density at radius 2 is 1.60 bits per heavy atom. The summed E-state index contributed by atoms with van der Waals surface area (Å²) in [5, 5.41) is 14.9. The fourth-order valence-corrected chi connectivity index (χ4v) is 4.10. The molecule has 35 heavy (non-hydrogen) atoms. The van der Waals surface area contributed by atoms with Crippen molar-refractivity contribution in [2.24, 2.45) is 5.10 Å². The number of rotatable bonds is 6. The van der Waals surface area contributed by atoms with Crippen LogP contribution in [0.4, 0.5) is 5.13 Å². The van der Waals surface area contributed by atoms with E-state index in [-0.39, 0.29) is 5.13 Å². The summed E-state index contributed by atoms with van der Waals surface area (Å²) in [6.45, 7) is 0. The van der Waals surface area contributed by atoms with Gasteiger partial charge in [-0.3, -0.25) is 14.9 Å². The molecule has 0 saturated carbocycles. The maximum atomic E-state index is 12.3. The summed E-state index contributed by atoms with van der Waals surface area (Å²) < 4.78 is 6.17. The molecule has 0 unspecified atom stereocenters. The van der Waals surface area contributed by atoms with Crippen LogP contribution in [0.1, 0.15) is 15.9 Å². The first-order valence-corrected chi connectivity index (χ1v) is 12.0. The maximum Gasteiger partial charge on any atom is 0.344 e. The number of carbonyl (C=O) groups is 3. The van der Waals surface area contributed by atoms with E-state index in [2.05, 4.69) is 48.6 Å². The number of aromatic nitrogens is 2. The lowest BCUT2D eigenvalue weighted by Crippen LogP contribution is -2.32. The number of esters is 1.